The third-order valence-electron chi connectivity index (χ3n) is 5.06. The van der Waals surface area contributed by atoms with Gasteiger partial charge >= 0.3 is 0 Å². The first-order valence-electron chi connectivity index (χ1n) is 9.16. The zero-order valence-corrected chi connectivity index (χ0v) is 15.9. The SMILES string of the molecule is COc1ccc(Cl)cc1C(=O)Nc1ccc2c(c1)N(C(=O)C1CC1)CCC2. The summed E-state index contributed by atoms with van der Waals surface area (Å²) in [6.45, 7) is 0.738. The summed E-state index contributed by atoms with van der Waals surface area (Å²) in [6, 6.07) is 10.7. The molecule has 1 saturated carbocycles. The highest BCUT2D eigenvalue weighted by atomic mass is 35.5. The molecule has 4 rings (SSSR count). The molecule has 140 valence electrons. The Hall–Kier alpha value is -2.53. The van der Waals surface area contributed by atoms with Crippen LogP contribution in [0, 0.1) is 5.92 Å². The third kappa shape index (κ3) is 3.65. The first-order chi connectivity index (χ1) is 13.1. The molecule has 2 aromatic carbocycles. The van der Waals surface area contributed by atoms with E-state index < -0.39 is 0 Å². The Morgan fingerprint density at radius 2 is 2.00 bits per heavy atom. The highest BCUT2D eigenvalue weighted by molar-refractivity contribution is 6.31. The minimum absolute atomic E-state index is 0.171. The fraction of sp³-hybridized carbons (Fsp3) is 0.333. The maximum absolute atomic E-state index is 12.7. The number of methoxy groups -OCH3 is 1. The van der Waals surface area contributed by atoms with E-state index in [9.17, 15) is 9.59 Å². The van der Waals surface area contributed by atoms with Crippen molar-refractivity contribution in [3.63, 3.8) is 0 Å². The van der Waals surface area contributed by atoms with E-state index in [1.165, 1.54) is 7.11 Å². The number of nitrogens with one attached hydrogen (secondary N) is 1. The van der Waals surface area contributed by atoms with Crippen LogP contribution in [0.4, 0.5) is 11.4 Å². The van der Waals surface area contributed by atoms with Crippen LogP contribution in [0.25, 0.3) is 0 Å². The number of aryl methyl sites for hydroxylation is 1. The van der Waals surface area contributed by atoms with Gasteiger partial charge in [0.1, 0.15) is 5.75 Å². The highest BCUT2D eigenvalue weighted by Gasteiger charge is 2.35. The second-order valence-electron chi connectivity index (χ2n) is 7.01. The zero-order valence-electron chi connectivity index (χ0n) is 15.1. The predicted molar refractivity (Wildman–Crippen MR) is 106 cm³/mol. The van der Waals surface area contributed by atoms with Gasteiger partial charge in [0.2, 0.25) is 5.91 Å². The number of benzene rings is 2. The molecule has 1 heterocycles. The van der Waals surface area contributed by atoms with Gasteiger partial charge in [-0.25, -0.2) is 0 Å². The molecule has 0 unspecified atom stereocenters. The fourth-order valence-electron chi connectivity index (χ4n) is 3.49. The summed E-state index contributed by atoms with van der Waals surface area (Å²) >= 11 is 6.03. The molecule has 2 aromatic rings. The molecule has 1 fully saturated rings. The molecule has 6 heteroatoms. The second kappa shape index (κ2) is 7.24. The first kappa shape index (κ1) is 17.9. The quantitative estimate of drug-likeness (QED) is 0.855. The summed E-state index contributed by atoms with van der Waals surface area (Å²) in [5.41, 5.74) is 3.08. The minimum Gasteiger partial charge on any atom is -0.496 e. The van der Waals surface area contributed by atoms with Gasteiger partial charge < -0.3 is 15.0 Å². The lowest BCUT2D eigenvalue weighted by Crippen LogP contribution is -2.36. The molecule has 2 amide bonds. The molecular weight excluding hydrogens is 364 g/mol. The van der Waals surface area contributed by atoms with Crippen LogP contribution in [-0.2, 0) is 11.2 Å². The Balaban J connectivity index is 1.60. The number of ether oxygens (including phenoxy) is 1. The van der Waals surface area contributed by atoms with Gasteiger partial charge in [-0.05, 0) is 61.6 Å². The van der Waals surface area contributed by atoms with Crippen molar-refractivity contribution in [2.75, 3.05) is 23.9 Å². The summed E-state index contributed by atoms with van der Waals surface area (Å²) in [6.07, 6.45) is 3.88. The number of amides is 2. The number of rotatable bonds is 4. The van der Waals surface area contributed by atoms with Gasteiger partial charge in [0.15, 0.2) is 0 Å². The molecular formula is C21H21ClN2O3. The van der Waals surface area contributed by atoms with Gasteiger partial charge in [-0.15, -0.1) is 0 Å². The van der Waals surface area contributed by atoms with Crippen molar-refractivity contribution >= 4 is 34.8 Å². The number of halogens is 1. The van der Waals surface area contributed by atoms with E-state index in [4.69, 9.17) is 16.3 Å². The number of fused-ring (bicyclic) bond motifs is 1. The number of hydrogen-bond acceptors (Lipinski definition) is 3. The summed E-state index contributed by atoms with van der Waals surface area (Å²) in [7, 11) is 1.51. The fourth-order valence-corrected chi connectivity index (χ4v) is 3.66. The third-order valence-corrected chi connectivity index (χ3v) is 5.30. The highest BCUT2D eigenvalue weighted by Crippen LogP contribution is 2.37. The monoisotopic (exact) mass is 384 g/mol. The largest absolute Gasteiger partial charge is 0.496 e. The van der Waals surface area contributed by atoms with Crippen LogP contribution in [0.15, 0.2) is 36.4 Å². The molecule has 1 aliphatic heterocycles. The van der Waals surface area contributed by atoms with Crippen LogP contribution in [0.2, 0.25) is 5.02 Å². The standard InChI is InChI=1S/C21H21ClN2O3/c1-27-19-9-7-15(22)11-17(19)20(25)23-16-8-6-13-3-2-10-24(18(13)12-16)21(26)14-4-5-14/h6-9,11-12,14H,2-5,10H2,1H3,(H,23,25). The normalized spacial score (nSPS) is 15.9. The van der Waals surface area contributed by atoms with Crippen LogP contribution < -0.4 is 15.0 Å². The second-order valence-corrected chi connectivity index (χ2v) is 7.45. The molecule has 0 radical (unpaired) electrons. The van der Waals surface area contributed by atoms with E-state index in [-0.39, 0.29) is 17.7 Å². The molecule has 0 spiro atoms. The minimum atomic E-state index is -0.301. The molecule has 0 saturated heterocycles. The zero-order chi connectivity index (χ0) is 19.0. The van der Waals surface area contributed by atoms with Crippen LogP contribution >= 0.6 is 11.6 Å². The number of nitrogens with zero attached hydrogens (tertiary/aromatic N) is 1. The molecule has 1 N–H and O–H groups in total. The molecule has 27 heavy (non-hydrogen) atoms. The van der Waals surface area contributed by atoms with Crippen LogP contribution in [0.5, 0.6) is 5.75 Å². The van der Waals surface area contributed by atoms with Crippen molar-refractivity contribution in [1.82, 2.24) is 0 Å². The van der Waals surface area contributed by atoms with E-state index in [0.29, 0.717) is 22.0 Å². The Bertz CT molecular complexity index is 908. The van der Waals surface area contributed by atoms with Gasteiger partial charge in [0, 0.05) is 28.9 Å². The van der Waals surface area contributed by atoms with Gasteiger partial charge in [-0.1, -0.05) is 17.7 Å². The predicted octanol–water partition coefficient (Wildman–Crippen LogP) is 4.29. The van der Waals surface area contributed by atoms with Crippen LogP contribution in [-0.4, -0.2) is 25.5 Å². The first-order valence-corrected chi connectivity index (χ1v) is 9.54. The topological polar surface area (TPSA) is 58.6 Å². The molecule has 0 atom stereocenters. The van der Waals surface area contributed by atoms with Gasteiger partial charge in [0.05, 0.1) is 12.7 Å². The Labute approximate surface area is 163 Å². The van der Waals surface area contributed by atoms with E-state index in [0.717, 1.165) is 43.5 Å². The summed E-state index contributed by atoms with van der Waals surface area (Å²) in [5, 5.41) is 3.36. The number of hydrogen-bond donors (Lipinski definition) is 1. The lowest BCUT2D eigenvalue weighted by molar-refractivity contribution is -0.119. The van der Waals surface area contributed by atoms with E-state index in [1.54, 1.807) is 18.2 Å². The van der Waals surface area contributed by atoms with Crippen molar-refractivity contribution < 1.29 is 14.3 Å². The van der Waals surface area contributed by atoms with E-state index in [2.05, 4.69) is 5.32 Å². The van der Waals surface area contributed by atoms with Crippen molar-refractivity contribution in [2.45, 2.75) is 25.7 Å². The molecule has 0 aromatic heterocycles. The average molecular weight is 385 g/mol. The lowest BCUT2D eigenvalue weighted by atomic mass is 10.0. The summed E-state index contributed by atoms with van der Waals surface area (Å²) < 4.78 is 5.26. The van der Waals surface area contributed by atoms with Gasteiger partial charge in [-0.3, -0.25) is 9.59 Å². The van der Waals surface area contributed by atoms with Crippen molar-refractivity contribution in [3.05, 3.63) is 52.5 Å². The summed E-state index contributed by atoms with van der Waals surface area (Å²) in [4.78, 5) is 27.2. The van der Waals surface area contributed by atoms with E-state index in [1.807, 2.05) is 23.1 Å². The number of carbonyl (C=O) groups excluding carboxylic acids is 2. The van der Waals surface area contributed by atoms with Crippen molar-refractivity contribution in [3.8, 4) is 5.75 Å². The molecule has 5 nitrogen and oxygen atoms in total. The molecule has 2 aliphatic rings. The van der Waals surface area contributed by atoms with Crippen molar-refractivity contribution in [2.24, 2.45) is 5.92 Å². The maximum Gasteiger partial charge on any atom is 0.259 e. The number of anilines is 2. The van der Waals surface area contributed by atoms with Crippen LogP contribution in [0.1, 0.15) is 35.2 Å². The molecule has 0 bridgehead atoms. The van der Waals surface area contributed by atoms with Crippen molar-refractivity contribution in [1.29, 1.82) is 0 Å². The lowest BCUT2D eigenvalue weighted by Gasteiger charge is -2.30. The Kier molecular flexibility index (Phi) is 4.79. The van der Waals surface area contributed by atoms with Gasteiger partial charge in [-0.2, -0.15) is 0 Å². The summed E-state index contributed by atoms with van der Waals surface area (Å²) in [5.74, 6) is 0.534. The van der Waals surface area contributed by atoms with Gasteiger partial charge in [0.25, 0.3) is 5.91 Å². The smallest absolute Gasteiger partial charge is 0.259 e. The van der Waals surface area contributed by atoms with Crippen LogP contribution in [0.3, 0.4) is 0 Å². The number of carbonyl (C=O) groups is 2. The molecule has 1 aliphatic carbocycles. The average Bonchev–Trinajstić information content (AvgIpc) is 3.52. The Morgan fingerprint density at radius 3 is 2.74 bits per heavy atom. The van der Waals surface area contributed by atoms with E-state index >= 15 is 0 Å². The Morgan fingerprint density at radius 1 is 1.19 bits per heavy atom. The maximum atomic E-state index is 12.7.